The van der Waals surface area contributed by atoms with Gasteiger partial charge in [-0.15, -0.1) is 0 Å². The van der Waals surface area contributed by atoms with Gasteiger partial charge in [-0.05, 0) is 29.1 Å². The van der Waals surface area contributed by atoms with Crippen LogP contribution in [0.25, 0.3) is 21.8 Å². The van der Waals surface area contributed by atoms with Crippen molar-refractivity contribution in [3.8, 4) is 0 Å². The lowest BCUT2D eigenvalue weighted by Gasteiger charge is -2.11. The number of amides is 1. The number of carbonyl (C=O) groups excluding carboxylic acids is 1. The highest BCUT2D eigenvalue weighted by Crippen LogP contribution is 2.27. The van der Waals surface area contributed by atoms with Gasteiger partial charge in [0.25, 0.3) is 0 Å². The predicted molar refractivity (Wildman–Crippen MR) is 128 cm³/mol. The van der Waals surface area contributed by atoms with Crippen molar-refractivity contribution in [2.75, 3.05) is 5.32 Å². The average molecular weight is 424 g/mol. The summed E-state index contributed by atoms with van der Waals surface area (Å²) in [6, 6.07) is 32.3. The van der Waals surface area contributed by atoms with Gasteiger partial charge in [0, 0.05) is 16.8 Å². The van der Waals surface area contributed by atoms with E-state index in [9.17, 15) is 4.79 Å². The maximum atomic E-state index is 13.0. The van der Waals surface area contributed by atoms with E-state index in [0.717, 1.165) is 38.4 Å². The molecule has 1 heterocycles. The van der Waals surface area contributed by atoms with E-state index in [1.165, 1.54) is 5.56 Å². The summed E-state index contributed by atoms with van der Waals surface area (Å²) in [4.78, 5) is 17.8. The minimum Gasteiger partial charge on any atom is -0.324 e. The Morgan fingerprint density at radius 2 is 1.58 bits per heavy atom. The highest BCUT2D eigenvalue weighted by Gasteiger charge is 2.15. The first-order valence-electron chi connectivity index (χ1n) is 10.2. The SMILES string of the molecule is O=C(Cn1c(SCc2ccccc2)nc2ccccc21)Nc1cccc2ccccc12. The molecule has 152 valence electrons. The first-order chi connectivity index (χ1) is 15.3. The number of para-hydroxylation sites is 2. The molecular weight excluding hydrogens is 402 g/mol. The quantitative estimate of drug-likeness (QED) is 0.335. The van der Waals surface area contributed by atoms with Crippen LogP contribution in [0.2, 0.25) is 0 Å². The molecule has 4 nitrogen and oxygen atoms in total. The molecule has 0 bridgehead atoms. The van der Waals surface area contributed by atoms with E-state index < -0.39 is 0 Å². The molecular formula is C26H21N3OS. The van der Waals surface area contributed by atoms with E-state index in [1.54, 1.807) is 11.8 Å². The summed E-state index contributed by atoms with van der Waals surface area (Å²) >= 11 is 1.65. The molecule has 5 rings (SSSR count). The Hall–Kier alpha value is -3.57. The molecule has 0 fully saturated rings. The summed E-state index contributed by atoms with van der Waals surface area (Å²) in [5.74, 6) is 0.732. The molecule has 0 aliphatic heterocycles. The number of nitrogens with zero attached hydrogens (tertiary/aromatic N) is 2. The van der Waals surface area contributed by atoms with Gasteiger partial charge in [-0.2, -0.15) is 0 Å². The number of imidazole rings is 1. The summed E-state index contributed by atoms with van der Waals surface area (Å²) in [6.45, 7) is 0.209. The minimum absolute atomic E-state index is 0.0685. The lowest BCUT2D eigenvalue weighted by molar-refractivity contribution is -0.116. The van der Waals surface area contributed by atoms with Crippen LogP contribution in [-0.2, 0) is 17.1 Å². The van der Waals surface area contributed by atoms with Crippen LogP contribution < -0.4 is 5.32 Å². The summed E-state index contributed by atoms with van der Waals surface area (Å²) in [5.41, 5.74) is 3.92. The number of hydrogen-bond acceptors (Lipinski definition) is 3. The van der Waals surface area contributed by atoms with E-state index in [4.69, 9.17) is 4.98 Å². The number of aromatic nitrogens is 2. The average Bonchev–Trinajstić information content (AvgIpc) is 3.16. The Balaban J connectivity index is 1.41. The number of rotatable bonds is 6. The van der Waals surface area contributed by atoms with Gasteiger partial charge in [-0.3, -0.25) is 4.79 Å². The standard InChI is InChI=1S/C26H21N3OS/c30-25(27-22-15-8-12-20-11-4-5-13-21(20)22)17-29-24-16-7-6-14-23(24)28-26(29)31-18-19-9-2-1-3-10-19/h1-16H,17-18H2,(H,27,30). The zero-order chi connectivity index (χ0) is 21.0. The number of fused-ring (bicyclic) bond motifs is 2. The van der Waals surface area contributed by atoms with Gasteiger partial charge in [0.2, 0.25) is 5.91 Å². The summed E-state index contributed by atoms with van der Waals surface area (Å²) < 4.78 is 2.00. The van der Waals surface area contributed by atoms with E-state index in [0.29, 0.717) is 0 Å². The Kier molecular flexibility index (Phi) is 5.42. The molecule has 0 aliphatic carbocycles. The molecule has 31 heavy (non-hydrogen) atoms. The highest BCUT2D eigenvalue weighted by atomic mass is 32.2. The van der Waals surface area contributed by atoms with Crippen molar-refractivity contribution < 1.29 is 4.79 Å². The van der Waals surface area contributed by atoms with Crippen LogP contribution in [0.3, 0.4) is 0 Å². The molecule has 1 N–H and O–H groups in total. The molecule has 0 atom stereocenters. The summed E-state index contributed by atoms with van der Waals surface area (Å²) in [7, 11) is 0. The monoisotopic (exact) mass is 423 g/mol. The largest absolute Gasteiger partial charge is 0.324 e. The lowest BCUT2D eigenvalue weighted by atomic mass is 10.1. The molecule has 0 spiro atoms. The zero-order valence-corrected chi connectivity index (χ0v) is 17.7. The van der Waals surface area contributed by atoms with Crippen molar-refractivity contribution >= 4 is 45.2 Å². The van der Waals surface area contributed by atoms with Crippen molar-refractivity contribution in [2.45, 2.75) is 17.5 Å². The van der Waals surface area contributed by atoms with Gasteiger partial charge in [-0.1, -0.05) is 90.6 Å². The van der Waals surface area contributed by atoms with E-state index in [2.05, 4.69) is 17.4 Å². The number of thioether (sulfide) groups is 1. The van der Waals surface area contributed by atoms with Crippen molar-refractivity contribution in [3.63, 3.8) is 0 Å². The highest BCUT2D eigenvalue weighted by molar-refractivity contribution is 7.98. The number of carbonyl (C=O) groups is 1. The normalized spacial score (nSPS) is 11.1. The van der Waals surface area contributed by atoms with Crippen LogP contribution in [0.5, 0.6) is 0 Å². The van der Waals surface area contributed by atoms with Crippen molar-refractivity contribution in [1.82, 2.24) is 9.55 Å². The lowest BCUT2D eigenvalue weighted by Crippen LogP contribution is -2.19. The zero-order valence-electron chi connectivity index (χ0n) is 16.9. The van der Waals surface area contributed by atoms with E-state index in [-0.39, 0.29) is 12.5 Å². The fourth-order valence-corrected chi connectivity index (χ4v) is 4.68. The second-order valence-electron chi connectivity index (χ2n) is 7.32. The summed E-state index contributed by atoms with van der Waals surface area (Å²) in [6.07, 6.45) is 0. The van der Waals surface area contributed by atoms with Crippen LogP contribution in [0.1, 0.15) is 5.56 Å². The summed E-state index contributed by atoms with van der Waals surface area (Å²) in [5, 5.41) is 6.08. The Labute approximate surface area is 184 Å². The molecule has 0 unspecified atom stereocenters. The number of anilines is 1. The molecule has 0 radical (unpaired) electrons. The predicted octanol–water partition coefficient (Wildman–Crippen LogP) is 6.12. The third-order valence-corrected chi connectivity index (χ3v) is 6.24. The van der Waals surface area contributed by atoms with Crippen LogP contribution in [0, 0.1) is 0 Å². The van der Waals surface area contributed by atoms with Crippen LogP contribution >= 0.6 is 11.8 Å². The number of hydrogen-bond donors (Lipinski definition) is 1. The topological polar surface area (TPSA) is 46.9 Å². The molecule has 4 aromatic carbocycles. The molecule has 0 saturated heterocycles. The third-order valence-electron chi connectivity index (χ3n) is 5.20. The van der Waals surface area contributed by atoms with Gasteiger partial charge < -0.3 is 9.88 Å². The first kappa shape index (κ1) is 19.4. The molecule has 0 saturated carbocycles. The van der Waals surface area contributed by atoms with Crippen LogP contribution in [-0.4, -0.2) is 15.5 Å². The van der Waals surface area contributed by atoms with Crippen molar-refractivity contribution in [2.24, 2.45) is 0 Å². The van der Waals surface area contributed by atoms with E-state index in [1.807, 2.05) is 89.5 Å². The first-order valence-corrected chi connectivity index (χ1v) is 11.2. The third kappa shape index (κ3) is 4.18. The van der Waals surface area contributed by atoms with Crippen molar-refractivity contribution in [3.05, 3.63) is 103 Å². The second-order valence-corrected chi connectivity index (χ2v) is 8.26. The Morgan fingerprint density at radius 3 is 2.48 bits per heavy atom. The van der Waals surface area contributed by atoms with E-state index >= 15 is 0 Å². The van der Waals surface area contributed by atoms with Crippen LogP contribution in [0.15, 0.2) is 102 Å². The molecule has 5 aromatic rings. The fraction of sp³-hybridized carbons (Fsp3) is 0.0769. The Morgan fingerprint density at radius 1 is 0.839 bits per heavy atom. The van der Waals surface area contributed by atoms with Crippen LogP contribution in [0.4, 0.5) is 5.69 Å². The van der Waals surface area contributed by atoms with Gasteiger partial charge in [0.15, 0.2) is 5.16 Å². The van der Waals surface area contributed by atoms with Gasteiger partial charge in [0.05, 0.1) is 11.0 Å². The second kappa shape index (κ2) is 8.66. The molecule has 0 aliphatic rings. The van der Waals surface area contributed by atoms with Gasteiger partial charge >= 0.3 is 0 Å². The Bertz CT molecular complexity index is 1360. The maximum Gasteiger partial charge on any atom is 0.244 e. The number of nitrogens with one attached hydrogen (secondary N) is 1. The molecule has 1 aromatic heterocycles. The molecule has 1 amide bonds. The maximum absolute atomic E-state index is 13.0. The fourth-order valence-electron chi connectivity index (χ4n) is 3.71. The van der Waals surface area contributed by atoms with Crippen molar-refractivity contribution in [1.29, 1.82) is 0 Å². The number of benzene rings is 4. The van der Waals surface area contributed by atoms with Gasteiger partial charge in [0.1, 0.15) is 6.54 Å². The van der Waals surface area contributed by atoms with Gasteiger partial charge in [-0.25, -0.2) is 4.98 Å². The minimum atomic E-state index is -0.0685. The molecule has 5 heteroatoms. The smallest absolute Gasteiger partial charge is 0.244 e.